The first-order valence-corrected chi connectivity index (χ1v) is 8.20. The van der Waals surface area contributed by atoms with Gasteiger partial charge in [-0.3, -0.25) is 0 Å². The maximum absolute atomic E-state index is 9.75. The lowest BCUT2D eigenvalue weighted by atomic mass is 9.91. The van der Waals surface area contributed by atoms with Gasteiger partial charge in [0.05, 0.1) is 6.61 Å². The van der Waals surface area contributed by atoms with Crippen LogP contribution in [0.15, 0.2) is 24.3 Å². The highest BCUT2D eigenvalue weighted by Crippen LogP contribution is 2.19. The molecule has 0 aromatic heterocycles. The number of aliphatic hydroxyl groups is 1. The Morgan fingerprint density at radius 2 is 2.05 bits per heavy atom. The summed E-state index contributed by atoms with van der Waals surface area (Å²) in [5.74, 6) is 0. The van der Waals surface area contributed by atoms with E-state index in [1.807, 2.05) is 0 Å². The summed E-state index contributed by atoms with van der Waals surface area (Å²) in [6.45, 7) is 8.65. The van der Waals surface area contributed by atoms with E-state index in [0.29, 0.717) is 0 Å². The molecule has 1 atom stereocenters. The molecule has 2 N–H and O–H groups in total. The van der Waals surface area contributed by atoms with Crippen molar-refractivity contribution >= 4 is 5.69 Å². The normalized spacial score (nSPS) is 14.0. The van der Waals surface area contributed by atoms with Crippen LogP contribution in [0.3, 0.4) is 0 Å². The van der Waals surface area contributed by atoms with E-state index in [1.54, 1.807) is 0 Å². The van der Waals surface area contributed by atoms with Gasteiger partial charge < -0.3 is 15.3 Å². The van der Waals surface area contributed by atoms with Gasteiger partial charge >= 0.3 is 0 Å². The summed E-state index contributed by atoms with van der Waals surface area (Å²) in [5.41, 5.74) is 2.45. The predicted octanol–water partition coefficient (Wildman–Crippen LogP) is 3.35. The van der Waals surface area contributed by atoms with Crippen molar-refractivity contribution in [2.45, 2.75) is 52.0 Å². The molecule has 0 bridgehead atoms. The molecule has 0 fully saturated rings. The van der Waals surface area contributed by atoms with E-state index in [-0.39, 0.29) is 12.1 Å². The van der Waals surface area contributed by atoms with Gasteiger partial charge in [0.1, 0.15) is 0 Å². The molecule has 1 rings (SSSR count). The van der Waals surface area contributed by atoms with E-state index < -0.39 is 0 Å². The average molecular weight is 292 g/mol. The van der Waals surface area contributed by atoms with Crippen molar-refractivity contribution in [2.75, 3.05) is 31.6 Å². The molecule has 3 heteroatoms. The van der Waals surface area contributed by atoms with Crippen LogP contribution < -0.4 is 10.2 Å². The fourth-order valence-electron chi connectivity index (χ4n) is 2.68. The molecule has 0 aliphatic rings. The van der Waals surface area contributed by atoms with Crippen LogP contribution >= 0.6 is 0 Å². The molecule has 21 heavy (non-hydrogen) atoms. The summed E-state index contributed by atoms with van der Waals surface area (Å²) in [7, 11) is 2.14. The molecule has 0 heterocycles. The van der Waals surface area contributed by atoms with Crippen molar-refractivity contribution in [1.82, 2.24) is 5.32 Å². The van der Waals surface area contributed by atoms with Crippen LogP contribution in [0.2, 0.25) is 0 Å². The fraction of sp³-hybridized carbons (Fsp3) is 0.667. The van der Waals surface area contributed by atoms with Crippen molar-refractivity contribution in [3.05, 3.63) is 29.8 Å². The number of hydrogen-bond donors (Lipinski definition) is 2. The zero-order valence-corrected chi connectivity index (χ0v) is 14.2. The smallest absolute Gasteiger partial charge is 0.0613 e. The lowest BCUT2D eigenvalue weighted by Crippen LogP contribution is -2.48. The first-order chi connectivity index (χ1) is 10.1. The van der Waals surface area contributed by atoms with E-state index in [2.05, 4.69) is 62.3 Å². The number of aryl methyl sites for hydroxylation is 1. The maximum atomic E-state index is 9.75. The highest BCUT2D eigenvalue weighted by molar-refractivity contribution is 5.47. The molecule has 1 aromatic carbocycles. The van der Waals surface area contributed by atoms with Gasteiger partial charge in [-0.05, 0) is 56.8 Å². The minimum Gasteiger partial charge on any atom is -0.394 e. The van der Waals surface area contributed by atoms with Gasteiger partial charge in [-0.15, -0.1) is 0 Å². The lowest BCUT2D eigenvalue weighted by molar-refractivity contribution is 0.145. The number of aliphatic hydroxyl groups excluding tert-OH is 1. The third kappa shape index (κ3) is 5.68. The minimum absolute atomic E-state index is 0.108. The molecule has 0 saturated carbocycles. The number of rotatable bonds is 10. The molecule has 0 radical (unpaired) electrons. The predicted molar refractivity (Wildman–Crippen MR) is 92.1 cm³/mol. The van der Waals surface area contributed by atoms with Crippen LogP contribution in [-0.2, 0) is 0 Å². The Kier molecular flexibility index (Phi) is 7.76. The summed E-state index contributed by atoms with van der Waals surface area (Å²) >= 11 is 0. The molecule has 0 aliphatic carbocycles. The number of benzene rings is 1. The van der Waals surface area contributed by atoms with Gasteiger partial charge in [0.2, 0.25) is 0 Å². The van der Waals surface area contributed by atoms with Crippen molar-refractivity contribution in [1.29, 1.82) is 0 Å². The minimum atomic E-state index is -0.108. The third-order valence-corrected chi connectivity index (χ3v) is 4.32. The van der Waals surface area contributed by atoms with Crippen LogP contribution in [0.1, 0.15) is 45.1 Å². The number of nitrogens with one attached hydrogen (secondary N) is 1. The van der Waals surface area contributed by atoms with Gasteiger partial charge in [0.25, 0.3) is 0 Å². The van der Waals surface area contributed by atoms with Crippen molar-refractivity contribution in [3.8, 4) is 0 Å². The molecule has 0 spiro atoms. The highest BCUT2D eigenvalue weighted by Gasteiger charge is 2.25. The molecule has 0 amide bonds. The van der Waals surface area contributed by atoms with E-state index in [1.165, 1.54) is 11.3 Å². The summed E-state index contributed by atoms with van der Waals surface area (Å²) in [5, 5.41) is 13.3. The Labute approximate surface area is 130 Å². The lowest BCUT2D eigenvalue weighted by Gasteiger charge is -2.33. The van der Waals surface area contributed by atoms with Gasteiger partial charge in [-0.2, -0.15) is 0 Å². The molecular weight excluding hydrogens is 260 g/mol. The molecule has 1 unspecified atom stereocenters. The Hall–Kier alpha value is -1.06. The van der Waals surface area contributed by atoms with Crippen molar-refractivity contribution in [3.63, 3.8) is 0 Å². The number of nitrogens with zero attached hydrogens (tertiary/aromatic N) is 1. The van der Waals surface area contributed by atoms with Gasteiger partial charge in [-0.25, -0.2) is 0 Å². The van der Waals surface area contributed by atoms with E-state index >= 15 is 0 Å². The van der Waals surface area contributed by atoms with Crippen molar-refractivity contribution in [2.24, 2.45) is 0 Å². The van der Waals surface area contributed by atoms with Crippen molar-refractivity contribution < 1.29 is 5.11 Å². The second-order valence-corrected chi connectivity index (χ2v) is 6.08. The Balaban J connectivity index is 2.49. The standard InChI is InChI=1S/C18H32N2O/c1-5-12-19-18(6-2,15-21)11-8-13-20(4)17-10-7-9-16(3)14-17/h7,9-10,14,19,21H,5-6,8,11-13,15H2,1-4H3. The maximum Gasteiger partial charge on any atom is 0.0613 e. The average Bonchev–Trinajstić information content (AvgIpc) is 2.51. The fourth-order valence-corrected chi connectivity index (χ4v) is 2.68. The third-order valence-electron chi connectivity index (χ3n) is 4.32. The molecule has 120 valence electrons. The van der Waals surface area contributed by atoms with E-state index in [9.17, 15) is 5.11 Å². The van der Waals surface area contributed by atoms with Crippen LogP contribution in [0.4, 0.5) is 5.69 Å². The van der Waals surface area contributed by atoms with Gasteiger partial charge in [0, 0.05) is 24.8 Å². The summed E-state index contributed by atoms with van der Waals surface area (Å²) < 4.78 is 0. The first-order valence-electron chi connectivity index (χ1n) is 8.20. The zero-order chi connectivity index (χ0) is 15.7. The molecule has 3 nitrogen and oxygen atoms in total. The second-order valence-electron chi connectivity index (χ2n) is 6.08. The highest BCUT2D eigenvalue weighted by atomic mass is 16.3. The van der Waals surface area contributed by atoms with Gasteiger partial charge in [0.15, 0.2) is 0 Å². The van der Waals surface area contributed by atoms with Crippen LogP contribution in [0.25, 0.3) is 0 Å². The van der Waals surface area contributed by atoms with Crippen LogP contribution in [0.5, 0.6) is 0 Å². The molecule has 1 aromatic rings. The van der Waals surface area contributed by atoms with E-state index in [4.69, 9.17) is 0 Å². The van der Waals surface area contributed by atoms with Gasteiger partial charge in [-0.1, -0.05) is 26.0 Å². The Morgan fingerprint density at radius 3 is 2.62 bits per heavy atom. The monoisotopic (exact) mass is 292 g/mol. The number of hydrogen-bond acceptors (Lipinski definition) is 3. The quantitative estimate of drug-likeness (QED) is 0.694. The SMILES string of the molecule is CCCNC(CC)(CO)CCCN(C)c1cccc(C)c1. The topological polar surface area (TPSA) is 35.5 Å². The first kappa shape index (κ1) is 18.0. The molecule has 0 aliphatic heterocycles. The Bertz CT molecular complexity index is 402. The summed E-state index contributed by atoms with van der Waals surface area (Å²) in [6, 6.07) is 8.60. The van der Waals surface area contributed by atoms with E-state index in [0.717, 1.165) is 38.8 Å². The second kappa shape index (κ2) is 9.06. The molecular formula is C18H32N2O. The largest absolute Gasteiger partial charge is 0.394 e. The summed E-state index contributed by atoms with van der Waals surface area (Å²) in [4.78, 5) is 2.30. The Morgan fingerprint density at radius 1 is 1.29 bits per heavy atom. The molecule has 0 saturated heterocycles. The summed E-state index contributed by atoms with van der Waals surface area (Å²) in [6.07, 6.45) is 4.16. The van der Waals surface area contributed by atoms with Crippen LogP contribution in [0, 0.1) is 6.92 Å². The number of anilines is 1. The zero-order valence-electron chi connectivity index (χ0n) is 14.2. The van der Waals surface area contributed by atoms with Crippen LogP contribution in [-0.4, -0.2) is 37.4 Å².